The number of unbranched alkanes of at least 4 members (excludes halogenated alkanes) is 4. The monoisotopic (exact) mass is 1290 g/mol. The Hall–Kier alpha value is -9.68. The minimum atomic E-state index is 0.844. The minimum Gasteiger partial charge on any atom is -0.355 e. The van der Waals surface area contributed by atoms with Gasteiger partial charge in [0.05, 0.1) is 45.6 Å². The van der Waals surface area contributed by atoms with Gasteiger partial charge in [0.25, 0.3) is 0 Å². The van der Waals surface area contributed by atoms with Crippen molar-refractivity contribution >= 4 is 88.7 Å². The van der Waals surface area contributed by atoms with Crippen LogP contribution in [0.2, 0.25) is 0 Å². The minimum absolute atomic E-state index is 0.844. The zero-order valence-electron chi connectivity index (χ0n) is 61.2. The summed E-state index contributed by atoms with van der Waals surface area (Å²) < 4.78 is 0. The Kier molecular flexibility index (Phi) is 20.6. The van der Waals surface area contributed by atoms with Crippen LogP contribution in [-0.2, 0) is 25.7 Å². The first kappa shape index (κ1) is 68.3. The van der Waals surface area contributed by atoms with E-state index in [0.29, 0.717) is 0 Å². The van der Waals surface area contributed by atoms with Crippen molar-refractivity contribution in [2.45, 2.75) is 214 Å². The van der Waals surface area contributed by atoms with Crippen molar-refractivity contribution in [3.05, 3.63) is 186 Å². The molecule has 0 fully saturated rings. The third-order valence-corrected chi connectivity index (χ3v) is 21.3. The average molecular weight is 1290 g/mol. The third kappa shape index (κ3) is 13.1. The van der Waals surface area contributed by atoms with Crippen LogP contribution in [0, 0.1) is 63.2 Å². The number of benzene rings is 2. The highest BCUT2D eigenvalue weighted by molar-refractivity contribution is 6.04. The van der Waals surface area contributed by atoms with E-state index in [1.807, 2.05) is 0 Å². The Balaban J connectivity index is 0.969. The van der Waals surface area contributed by atoms with E-state index >= 15 is 0 Å². The number of nitrogens with one attached hydrogen (secondary N) is 4. The Bertz CT molecular complexity index is 4670. The molecule has 0 radical (unpaired) electrons. The first-order chi connectivity index (χ1) is 47.6. The molecule has 2 aromatic carbocycles. The molecule has 6 aromatic heterocycles. The van der Waals surface area contributed by atoms with Crippen molar-refractivity contribution < 1.29 is 0 Å². The number of aryl methyl sites for hydroxylation is 8. The molecule has 0 atom stereocenters. The molecule has 498 valence electrons. The van der Waals surface area contributed by atoms with Crippen LogP contribution >= 0.6 is 0 Å². The summed E-state index contributed by atoms with van der Waals surface area (Å²) in [6.07, 6.45) is 16.5. The van der Waals surface area contributed by atoms with Gasteiger partial charge in [-0.3, -0.25) is 0 Å². The predicted molar refractivity (Wildman–Crippen MR) is 419 cm³/mol. The fraction of sp³-hybridized carbons (Fsp3) is 0.356. The second-order valence-electron chi connectivity index (χ2n) is 27.4. The molecule has 0 saturated heterocycles. The van der Waals surface area contributed by atoms with E-state index in [1.165, 1.54) is 111 Å². The van der Waals surface area contributed by atoms with Gasteiger partial charge in [0.2, 0.25) is 0 Å². The molecule has 12 rings (SSSR count). The molecule has 0 aliphatic carbocycles. The Morgan fingerprint density at radius 3 is 0.816 bits per heavy atom. The Labute approximate surface area is 582 Å². The largest absolute Gasteiger partial charge is 0.355 e. The highest BCUT2D eigenvalue weighted by Crippen LogP contribution is 2.46. The lowest BCUT2D eigenvalue weighted by Crippen LogP contribution is -1.93. The molecule has 10 heterocycles. The fourth-order valence-corrected chi connectivity index (χ4v) is 15.5. The summed E-state index contributed by atoms with van der Waals surface area (Å²) in [6, 6.07) is 31.0. The Morgan fingerprint density at radius 1 is 0.306 bits per heavy atom. The van der Waals surface area contributed by atoms with Crippen LogP contribution in [0.4, 0.5) is 0 Å². The maximum Gasteiger partial charge on any atom is 0.0769 e. The summed E-state index contributed by atoms with van der Waals surface area (Å²) in [4.78, 5) is 38.3. The number of aromatic amines is 4. The highest BCUT2D eigenvalue weighted by Gasteiger charge is 2.29. The summed E-state index contributed by atoms with van der Waals surface area (Å²) in [5, 5.41) is 0. The van der Waals surface area contributed by atoms with Crippen molar-refractivity contribution in [1.29, 1.82) is 0 Å². The zero-order chi connectivity index (χ0) is 69.1. The second-order valence-corrected chi connectivity index (χ2v) is 27.4. The molecule has 0 amide bonds. The molecule has 4 N–H and O–H groups in total. The van der Waals surface area contributed by atoms with E-state index in [9.17, 15) is 0 Å². The lowest BCUT2D eigenvalue weighted by atomic mass is 9.92. The van der Waals surface area contributed by atoms with Crippen molar-refractivity contribution in [3.63, 3.8) is 0 Å². The highest BCUT2D eigenvalue weighted by atomic mass is 14.8. The lowest BCUT2D eigenvalue weighted by molar-refractivity contribution is 0.796. The van der Waals surface area contributed by atoms with Gasteiger partial charge in [-0.05, 0) is 317 Å². The summed E-state index contributed by atoms with van der Waals surface area (Å²) in [7, 11) is 0. The van der Waals surface area contributed by atoms with Gasteiger partial charge in [0.15, 0.2) is 0 Å². The quantitative estimate of drug-likeness (QED) is 0.0641. The van der Waals surface area contributed by atoms with Crippen LogP contribution in [-0.4, -0.2) is 39.9 Å². The average Bonchev–Trinajstić information content (AvgIpc) is 1.61. The summed E-state index contributed by atoms with van der Waals surface area (Å²) in [6.45, 7) is 36.2. The SMILES string of the molecule is CCCCc1c(C)c2cc3nc(c(-c4cccc(C#CC#CC#Cc5cccc(-c6c7nc(cc8[nH]c(cc9[nH]c(cc%10nc6C(C)=C%10CC)c(C)c9CCCC)c(CCCC)c8C)C(CC)=C7C)c5)c4)c4nc(cc5[nH]c(cc1[nH]2)c(CCCC)c5C)C(CC)=C4C)C(C)=C3CC. The van der Waals surface area contributed by atoms with Gasteiger partial charge in [0.1, 0.15) is 0 Å². The van der Waals surface area contributed by atoms with Crippen LogP contribution in [0.1, 0.15) is 261 Å². The second kappa shape index (κ2) is 29.6. The van der Waals surface area contributed by atoms with Gasteiger partial charge >= 0.3 is 0 Å². The number of allylic oxidation sites excluding steroid dienone is 8. The number of aromatic nitrogens is 8. The normalized spacial score (nSPS) is 12.9. The van der Waals surface area contributed by atoms with Gasteiger partial charge in [0, 0.05) is 66.4 Å². The van der Waals surface area contributed by atoms with Crippen LogP contribution < -0.4 is 0 Å². The molecule has 8 nitrogen and oxygen atoms in total. The molecule has 8 aromatic rings. The van der Waals surface area contributed by atoms with Crippen LogP contribution in [0.15, 0.2) is 84.9 Å². The van der Waals surface area contributed by atoms with Crippen LogP contribution in [0.3, 0.4) is 0 Å². The van der Waals surface area contributed by atoms with Gasteiger partial charge < -0.3 is 19.9 Å². The van der Waals surface area contributed by atoms with E-state index in [-0.39, 0.29) is 0 Å². The molecule has 8 heteroatoms. The van der Waals surface area contributed by atoms with E-state index in [2.05, 4.69) is 251 Å². The van der Waals surface area contributed by atoms with E-state index in [4.69, 9.17) is 19.9 Å². The smallest absolute Gasteiger partial charge is 0.0769 e. The first-order valence-electron chi connectivity index (χ1n) is 36.6. The summed E-state index contributed by atoms with van der Waals surface area (Å²) >= 11 is 0. The molecule has 98 heavy (non-hydrogen) atoms. The van der Waals surface area contributed by atoms with Crippen LogP contribution in [0.5, 0.6) is 0 Å². The Morgan fingerprint density at radius 2 is 0.571 bits per heavy atom. The molecule has 0 spiro atoms. The van der Waals surface area contributed by atoms with E-state index in [1.54, 1.807) is 0 Å². The molecule has 16 bridgehead atoms. The molecular formula is C90H98N8. The summed E-state index contributed by atoms with van der Waals surface area (Å²) in [5.41, 5.74) is 43.0. The molecule has 0 unspecified atom stereocenters. The predicted octanol–water partition coefficient (Wildman–Crippen LogP) is 23.7. The number of nitrogens with zero attached hydrogens (tertiary/aromatic N) is 4. The number of rotatable bonds is 18. The number of H-pyrrole nitrogens is 4. The number of hydrogen-bond donors (Lipinski definition) is 4. The summed E-state index contributed by atoms with van der Waals surface area (Å²) in [5.74, 6) is 19.4. The van der Waals surface area contributed by atoms with Crippen molar-refractivity contribution in [3.8, 4) is 57.8 Å². The van der Waals surface area contributed by atoms with Gasteiger partial charge in [-0.1, -0.05) is 117 Å². The lowest BCUT2D eigenvalue weighted by Gasteiger charge is -2.10. The molecule has 0 saturated carbocycles. The molecule has 4 aliphatic heterocycles. The molecular weight excluding hydrogens is 1190 g/mol. The maximum atomic E-state index is 5.64. The van der Waals surface area contributed by atoms with Crippen molar-refractivity contribution in [2.75, 3.05) is 0 Å². The fourth-order valence-electron chi connectivity index (χ4n) is 15.5. The van der Waals surface area contributed by atoms with Gasteiger partial charge in [-0.15, -0.1) is 0 Å². The number of hydrogen-bond acceptors (Lipinski definition) is 4. The van der Waals surface area contributed by atoms with Crippen molar-refractivity contribution in [1.82, 2.24) is 39.9 Å². The van der Waals surface area contributed by atoms with Crippen molar-refractivity contribution in [2.24, 2.45) is 0 Å². The number of fused-ring (bicyclic) bond motifs is 16. The van der Waals surface area contributed by atoms with Gasteiger partial charge in [-0.2, -0.15) is 0 Å². The maximum absolute atomic E-state index is 5.64. The topological polar surface area (TPSA) is 115 Å². The third-order valence-electron chi connectivity index (χ3n) is 21.3. The van der Waals surface area contributed by atoms with Gasteiger partial charge in [-0.25, -0.2) is 19.9 Å². The van der Waals surface area contributed by atoms with Crippen LogP contribution in [0.25, 0.3) is 111 Å². The zero-order valence-corrected chi connectivity index (χ0v) is 61.2. The molecule has 4 aliphatic rings. The first-order valence-corrected chi connectivity index (χ1v) is 36.6. The standard InChI is InChI=1S/C90H98N8/c1-17-25-41-69-53(9)73-47-77-65(21-5)57(13)87(95-77)85(88-58(14)66(22-6)78(96-88)48-74-54(10)70(42-26-18-2)82(92-74)51-81(69)91-73)63-39-33-37-61(45-63)35-31-29-30-32-36-62-38-34-40-64(46-62)86-89-59(15)67(23-7)79(97-89)49-75-55(11)71(43-27-19-3)83(93-75)52-84-72(44-28-20-4)56(12)76(94-84)50-80-68(24-8)60(16)90(86)98-80/h33-34,37-40,45-52,91-94H,17-28,41-44H2,1-16H3. The van der Waals surface area contributed by atoms with E-state index < -0.39 is 0 Å². The van der Waals surface area contributed by atoms with E-state index in [0.717, 1.165) is 204 Å².